The molecule has 0 aliphatic carbocycles. The molecule has 2 aromatic rings. The first-order valence-electron chi connectivity index (χ1n) is 26.7. The summed E-state index contributed by atoms with van der Waals surface area (Å²) >= 11 is 0. The van der Waals surface area contributed by atoms with Gasteiger partial charge in [-0.05, 0) is 79.0 Å². The summed E-state index contributed by atoms with van der Waals surface area (Å²) in [5.74, 6) is 1.41. The minimum absolute atomic E-state index is 0.663. The van der Waals surface area contributed by atoms with Gasteiger partial charge in [-0.3, -0.25) is 0 Å². The monoisotopic (exact) mass is 809 g/mol. The van der Waals surface area contributed by atoms with Crippen LogP contribution in [0.15, 0.2) is 60.7 Å². The predicted molar refractivity (Wildman–Crippen MR) is 270 cm³/mol. The third-order valence-electron chi connectivity index (χ3n) is 13.2. The van der Waals surface area contributed by atoms with Crippen LogP contribution in [0.3, 0.4) is 0 Å². The van der Waals surface area contributed by atoms with Crippen LogP contribution in [-0.4, -0.2) is 0 Å². The molecule has 2 aromatic carbocycles. The summed E-state index contributed by atoms with van der Waals surface area (Å²) in [6.45, 7) is 9.30. The van der Waals surface area contributed by atoms with E-state index in [1.54, 1.807) is 5.56 Å². The van der Waals surface area contributed by atoms with E-state index in [1.165, 1.54) is 254 Å². The molecule has 0 aliphatic rings. The van der Waals surface area contributed by atoms with Gasteiger partial charge in [-0.2, -0.15) is 0 Å². The minimum Gasteiger partial charge on any atom is -0.0839 e. The molecule has 0 saturated carbocycles. The molecule has 0 spiro atoms. The molecule has 0 aromatic heterocycles. The Balaban J connectivity index is 1.92. The van der Waals surface area contributed by atoms with Crippen LogP contribution in [0.5, 0.6) is 0 Å². The minimum atomic E-state index is 0.663. The van der Waals surface area contributed by atoms with E-state index in [-0.39, 0.29) is 0 Å². The maximum atomic E-state index is 2.48. The SMILES string of the molecule is CCCCCCCCCCC=Cc1ccc(CC(CCCCCCCCCCCCCCC)CC(CCCC)c2ccc(C=CCCCCCCCCCC)cc2)cc1. The maximum absolute atomic E-state index is 2.48. The lowest BCUT2D eigenvalue weighted by molar-refractivity contribution is 0.373. The highest BCUT2D eigenvalue weighted by atomic mass is 14.2. The Kier molecular flexibility index (Phi) is 36.0. The van der Waals surface area contributed by atoms with E-state index in [9.17, 15) is 0 Å². The second-order valence-corrected chi connectivity index (χ2v) is 18.9. The van der Waals surface area contributed by atoms with Gasteiger partial charge in [0.2, 0.25) is 0 Å². The molecular weight excluding hydrogens is 709 g/mol. The summed E-state index contributed by atoms with van der Waals surface area (Å²) in [7, 11) is 0. The topological polar surface area (TPSA) is 0 Å². The summed E-state index contributed by atoms with van der Waals surface area (Å²) < 4.78 is 0. The van der Waals surface area contributed by atoms with Crippen molar-refractivity contribution in [1.82, 2.24) is 0 Å². The number of rotatable bonds is 42. The Hall–Kier alpha value is -2.08. The van der Waals surface area contributed by atoms with Crippen molar-refractivity contribution in [2.75, 3.05) is 0 Å². The molecule has 0 heteroatoms. The Bertz CT molecular complexity index is 1200. The second-order valence-electron chi connectivity index (χ2n) is 18.9. The van der Waals surface area contributed by atoms with Crippen molar-refractivity contribution in [3.05, 3.63) is 82.9 Å². The number of benzene rings is 2. The summed E-state index contributed by atoms with van der Waals surface area (Å²) in [4.78, 5) is 0. The molecule has 0 heterocycles. The van der Waals surface area contributed by atoms with Gasteiger partial charge in [0.15, 0.2) is 0 Å². The van der Waals surface area contributed by atoms with Crippen molar-refractivity contribution in [3.63, 3.8) is 0 Å². The van der Waals surface area contributed by atoms with Gasteiger partial charge in [0.05, 0.1) is 0 Å². The summed E-state index contributed by atoms with van der Waals surface area (Å²) in [5, 5.41) is 0. The van der Waals surface area contributed by atoms with Crippen molar-refractivity contribution >= 4 is 12.2 Å². The van der Waals surface area contributed by atoms with Gasteiger partial charge in [-0.15, -0.1) is 0 Å². The van der Waals surface area contributed by atoms with Crippen LogP contribution >= 0.6 is 0 Å². The smallest absolute Gasteiger partial charge is 0.0159 e. The third kappa shape index (κ3) is 30.6. The van der Waals surface area contributed by atoms with E-state index >= 15 is 0 Å². The van der Waals surface area contributed by atoms with Crippen molar-refractivity contribution in [2.45, 2.75) is 271 Å². The van der Waals surface area contributed by atoms with Crippen LogP contribution in [0.4, 0.5) is 0 Å². The number of allylic oxidation sites excluding steroid dienone is 2. The zero-order chi connectivity index (χ0) is 42.1. The zero-order valence-electron chi connectivity index (χ0n) is 40.2. The molecule has 2 atom stereocenters. The molecule has 0 fully saturated rings. The molecule has 0 bridgehead atoms. The van der Waals surface area contributed by atoms with E-state index in [0.29, 0.717) is 5.92 Å². The zero-order valence-corrected chi connectivity index (χ0v) is 40.2. The lowest BCUT2D eigenvalue weighted by Gasteiger charge is -2.25. The number of unbranched alkanes of at least 4 members (excludes halogenated alkanes) is 29. The second kappa shape index (κ2) is 40.0. The lowest BCUT2D eigenvalue weighted by Crippen LogP contribution is -2.12. The van der Waals surface area contributed by atoms with Gasteiger partial charge in [-0.1, -0.05) is 293 Å². The van der Waals surface area contributed by atoms with Crippen LogP contribution in [0, 0.1) is 5.92 Å². The van der Waals surface area contributed by atoms with E-state index in [1.807, 2.05) is 0 Å². The van der Waals surface area contributed by atoms with Gasteiger partial charge in [0, 0.05) is 0 Å². The Morgan fingerprint density at radius 1 is 0.356 bits per heavy atom. The van der Waals surface area contributed by atoms with Crippen LogP contribution in [-0.2, 0) is 6.42 Å². The fourth-order valence-corrected chi connectivity index (χ4v) is 9.24. The quantitative estimate of drug-likeness (QED) is 0.0586. The number of hydrogen-bond acceptors (Lipinski definition) is 0. The summed E-state index contributed by atoms with van der Waals surface area (Å²) in [6, 6.07) is 19.4. The molecule has 0 amide bonds. The molecule has 0 aliphatic heterocycles. The van der Waals surface area contributed by atoms with Gasteiger partial charge < -0.3 is 0 Å². The number of hydrogen-bond donors (Lipinski definition) is 0. The highest BCUT2D eigenvalue weighted by molar-refractivity contribution is 5.50. The van der Waals surface area contributed by atoms with E-state index < -0.39 is 0 Å². The molecule has 0 N–H and O–H groups in total. The van der Waals surface area contributed by atoms with Gasteiger partial charge >= 0.3 is 0 Å². The molecule has 0 nitrogen and oxygen atoms in total. The average Bonchev–Trinajstić information content (AvgIpc) is 3.26. The van der Waals surface area contributed by atoms with E-state index in [0.717, 1.165) is 5.92 Å². The van der Waals surface area contributed by atoms with Crippen LogP contribution in [0.1, 0.15) is 287 Å². The summed E-state index contributed by atoms with van der Waals surface area (Å²) in [5.41, 5.74) is 5.86. The molecule has 59 heavy (non-hydrogen) atoms. The van der Waals surface area contributed by atoms with Crippen LogP contribution < -0.4 is 0 Å². The fourth-order valence-electron chi connectivity index (χ4n) is 9.24. The average molecular weight is 809 g/mol. The first kappa shape index (κ1) is 53.1. The highest BCUT2D eigenvalue weighted by Gasteiger charge is 2.19. The van der Waals surface area contributed by atoms with E-state index in [4.69, 9.17) is 0 Å². The molecule has 0 radical (unpaired) electrons. The molecule has 336 valence electrons. The molecule has 2 rings (SSSR count). The molecular formula is C59H100. The highest BCUT2D eigenvalue weighted by Crippen LogP contribution is 2.34. The van der Waals surface area contributed by atoms with Gasteiger partial charge in [0.1, 0.15) is 0 Å². The van der Waals surface area contributed by atoms with Crippen LogP contribution in [0.2, 0.25) is 0 Å². The third-order valence-corrected chi connectivity index (χ3v) is 13.2. The maximum Gasteiger partial charge on any atom is -0.0159 e. The Labute approximate surface area is 370 Å². The van der Waals surface area contributed by atoms with Crippen molar-refractivity contribution < 1.29 is 0 Å². The lowest BCUT2D eigenvalue weighted by atomic mass is 9.80. The Morgan fingerprint density at radius 3 is 1.12 bits per heavy atom. The normalized spacial score (nSPS) is 12.9. The standard InChI is InChI=1S/C59H100/c1-5-9-13-16-19-22-25-26-27-30-33-36-39-42-57(52-56-46-44-54(45-47-56)40-37-34-31-28-23-20-17-14-10-6-2)53-59(43-12-8-4)58-50-48-55(49-51-58)41-38-35-32-29-24-21-18-15-11-7-3/h37-38,40-41,44-51,57,59H,5-36,39,42-43,52-53H2,1-4H3. The first-order valence-corrected chi connectivity index (χ1v) is 26.7. The molecule has 2 unspecified atom stereocenters. The summed E-state index contributed by atoms with van der Waals surface area (Å²) in [6.07, 6.45) is 60.8. The van der Waals surface area contributed by atoms with E-state index in [2.05, 4.69) is 101 Å². The van der Waals surface area contributed by atoms with Crippen molar-refractivity contribution in [1.29, 1.82) is 0 Å². The first-order chi connectivity index (χ1) is 29.2. The van der Waals surface area contributed by atoms with Crippen LogP contribution in [0.25, 0.3) is 12.2 Å². The fraction of sp³-hybridized carbons (Fsp3) is 0.729. The van der Waals surface area contributed by atoms with Gasteiger partial charge in [-0.25, -0.2) is 0 Å². The molecule has 0 saturated heterocycles. The van der Waals surface area contributed by atoms with Gasteiger partial charge in [0.25, 0.3) is 0 Å². The largest absolute Gasteiger partial charge is 0.0839 e. The van der Waals surface area contributed by atoms with Crippen molar-refractivity contribution in [3.8, 4) is 0 Å². The predicted octanol–water partition coefficient (Wildman–Crippen LogP) is 20.8. The van der Waals surface area contributed by atoms with Crippen molar-refractivity contribution in [2.24, 2.45) is 5.92 Å². The Morgan fingerprint density at radius 2 is 0.712 bits per heavy atom.